The average molecular weight is 394 g/mol. The topological polar surface area (TPSA) is 72.5 Å². The summed E-state index contributed by atoms with van der Waals surface area (Å²) in [5.41, 5.74) is 0.895. The van der Waals surface area contributed by atoms with E-state index in [-0.39, 0.29) is 10.6 Å². The molecule has 1 aliphatic rings. The first-order valence-corrected chi connectivity index (χ1v) is 8.52. The minimum atomic E-state index is -0.607. The van der Waals surface area contributed by atoms with E-state index in [4.69, 9.17) is 27.9 Å². The maximum Gasteiger partial charge on any atom is 0.345 e. The van der Waals surface area contributed by atoms with Crippen molar-refractivity contribution in [3.8, 4) is 5.75 Å². The van der Waals surface area contributed by atoms with Gasteiger partial charge < -0.3 is 4.74 Å². The fraction of sp³-hybridized carbons (Fsp3) is 0. The van der Waals surface area contributed by atoms with E-state index in [1.54, 1.807) is 36.4 Å². The SMILES string of the molecule is O=C1NC(=O)/C(=C/c2ccc(OC(=O)c3ccc(Cl)cc3Cl)cc2)S1. The summed E-state index contributed by atoms with van der Waals surface area (Å²) in [4.78, 5) is 35.1. The molecular weight excluding hydrogens is 385 g/mol. The fourth-order valence-electron chi connectivity index (χ4n) is 2.02. The molecule has 0 radical (unpaired) electrons. The molecule has 0 aliphatic carbocycles. The number of carbonyl (C=O) groups excluding carboxylic acids is 3. The summed E-state index contributed by atoms with van der Waals surface area (Å²) in [7, 11) is 0. The minimum absolute atomic E-state index is 0.202. The molecule has 126 valence electrons. The number of esters is 1. The Hall–Kier alpha value is -2.28. The zero-order valence-electron chi connectivity index (χ0n) is 12.4. The smallest absolute Gasteiger partial charge is 0.345 e. The number of benzene rings is 2. The van der Waals surface area contributed by atoms with Crippen LogP contribution in [0.25, 0.3) is 6.08 Å². The summed E-state index contributed by atoms with van der Waals surface area (Å²) in [6.07, 6.45) is 1.58. The van der Waals surface area contributed by atoms with Crippen LogP contribution in [0.15, 0.2) is 47.4 Å². The van der Waals surface area contributed by atoms with Gasteiger partial charge in [-0.3, -0.25) is 14.9 Å². The molecule has 0 bridgehead atoms. The number of rotatable bonds is 3. The van der Waals surface area contributed by atoms with Gasteiger partial charge in [0.15, 0.2) is 0 Å². The number of halogens is 2. The van der Waals surface area contributed by atoms with Crippen molar-refractivity contribution in [3.05, 3.63) is 68.5 Å². The van der Waals surface area contributed by atoms with E-state index in [0.29, 0.717) is 21.2 Å². The van der Waals surface area contributed by atoms with Gasteiger partial charge in [0.2, 0.25) is 0 Å². The molecule has 3 rings (SSSR count). The Morgan fingerprint density at radius 1 is 1.08 bits per heavy atom. The van der Waals surface area contributed by atoms with Gasteiger partial charge in [-0.2, -0.15) is 0 Å². The lowest BCUT2D eigenvalue weighted by molar-refractivity contribution is -0.115. The quantitative estimate of drug-likeness (QED) is 0.470. The molecule has 1 saturated heterocycles. The summed E-state index contributed by atoms with van der Waals surface area (Å²) in [6, 6.07) is 11.0. The van der Waals surface area contributed by atoms with Crippen molar-refractivity contribution in [3.63, 3.8) is 0 Å². The number of hydrogen-bond donors (Lipinski definition) is 1. The molecule has 1 N–H and O–H groups in total. The first-order valence-electron chi connectivity index (χ1n) is 6.94. The van der Waals surface area contributed by atoms with Gasteiger partial charge in [0, 0.05) is 5.02 Å². The van der Waals surface area contributed by atoms with Crippen molar-refractivity contribution in [2.75, 3.05) is 0 Å². The third kappa shape index (κ3) is 4.22. The molecule has 25 heavy (non-hydrogen) atoms. The second-order valence-corrected chi connectivity index (χ2v) is 6.79. The highest BCUT2D eigenvalue weighted by molar-refractivity contribution is 8.18. The molecule has 1 fully saturated rings. The Labute approximate surface area is 156 Å². The highest BCUT2D eigenvalue weighted by Crippen LogP contribution is 2.27. The predicted octanol–water partition coefficient (Wildman–Crippen LogP) is 4.54. The maximum atomic E-state index is 12.1. The van der Waals surface area contributed by atoms with Gasteiger partial charge >= 0.3 is 5.97 Å². The third-order valence-electron chi connectivity index (χ3n) is 3.18. The largest absolute Gasteiger partial charge is 0.423 e. The Kier molecular flexibility index (Phi) is 5.13. The number of imide groups is 1. The lowest BCUT2D eigenvalue weighted by atomic mass is 10.2. The van der Waals surface area contributed by atoms with E-state index in [2.05, 4.69) is 5.32 Å². The van der Waals surface area contributed by atoms with Crippen LogP contribution in [-0.2, 0) is 4.79 Å². The normalized spacial score (nSPS) is 15.4. The zero-order chi connectivity index (χ0) is 18.0. The second-order valence-electron chi connectivity index (χ2n) is 4.93. The second kappa shape index (κ2) is 7.31. The summed E-state index contributed by atoms with van der Waals surface area (Å²) in [6.45, 7) is 0. The van der Waals surface area contributed by atoms with Crippen LogP contribution in [0.5, 0.6) is 5.75 Å². The van der Waals surface area contributed by atoms with Crippen LogP contribution in [0.3, 0.4) is 0 Å². The third-order valence-corrected chi connectivity index (χ3v) is 4.54. The van der Waals surface area contributed by atoms with Gasteiger partial charge in [-0.05, 0) is 53.7 Å². The summed E-state index contributed by atoms with van der Waals surface area (Å²) in [5.74, 6) is -0.718. The molecule has 2 amide bonds. The van der Waals surface area contributed by atoms with Crippen LogP contribution in [-0.4, -0.2) is 17.1 Å². The molecule has 1 aliphatic heterocycles. The monoisotopic (exact) mass is 393 g/mol. The highest BCUT2D eigenvalue weighted by Gasteiger charge is 2.24. The lowest BCUT2D eigenvalue weighted by Gasteiger charge is -2.06. The number of amides is 2. The molecular formula is C17H9Cl2NO4S. The van der Waals surface area contributed by atoms with Gasteiger partial charge in [0.05, 0.1) is 15.5 Å². The van der Waals surface area contributed by atoms with E-state index in [0.717, 1.165) is 11.8 Å². The first-order chi connectivity index (χ1) is 11.9. The van der Waals surface area contributed by atoms with E-state index in [1.165, 1.54) is 12.1 Å². The molecule has 0 atom stereocenters. The number of carbonyl (C=O) groups is 3. The lowest BCUT2D eigenvalue weighted by Crippen LogP contribution is -2.17. The molecule has 0 unspecified atom stereocenters. The minimum Gasteiger partial charge on any atom is -0.423 e. The fourth-order valence-corrected chi connectivity index (χ4v) is 3.19. The van der Waals surface area contributed by atoms with E-state index in [1.807, 2.05) is 0 Å². The van der Waals surface area contributed by atoms with Gasteiger partial charge in [-0.1, -0.05) is 35.3 Å². The molecule has 0 spiro atoms. The molecule has 1 heterocycles. The van der Waals surface area contributed by atoms with E-state index >= 15 is 0 Å². The van der Waals surface area contributed by atoms with Crippen molar-refractivity contribution in [2.45, 2.75) is 0 Å². The zero-order valence-corrected chi connectivity index (χ0v) is 14.7. The standard InChI is InChI=1S/C17H9Cl2NO4S/c18-10-3-6-12(13(19)8-10)16(22)24-11-4-1-9(2-5-11)7-14-15(21)20-17(23)25-14/h1-8H,(H,20,21,23)/b14-7-. The number of hydrogen-bond acceptors (Lipinski definition) is 5. The molecule has 0 aromatic heterocycles. The van der Waals surface area contributed by atoms with Crippen molar-refractivity contribution < 1.29 is 19.1 Å². The summed E-state index contributed by atoms with van der Waals surface area (Å²) in [5, 5.41) is 2.40. The molecule has 2 aromatic rings. The van der Waals surface area contributed by atoms with Gasteiger partial charge in [0.1, 0.15) is 5.75 Å². The Morgan fingerprint density at radius 3 is 2.40 bits per heavy atom. The molecule has 5 nitrogen and oxygen atoms in total. The number of nitrogens with one attached hydrogen (secondary N) is 1. The molecule has 0 saturated carbocycles. The predicted molar refractivity (Wildman–Crippen MR) is 97.0 cm³/mol. The van der Waals surface area contributed by atoms with Gasteiger partial charge in [0.25, 0.3) is 11.1 Å². The van der Waals surface area contributed by atoms with Crippen LogP contribution < -0.4 is 10.1 Å². The van der Waals surface area contributed by atoms with Crippen LogP contribution in [0.4, 0.5) is 4.79 Å². The van der Waals surface area contributed by atoms with Crippen molar-refractivity contribution in [1.82, 2.24) is 5.32 Å². The van der Waals surface area contributed by atoms with Crippen molar-refractivity contribution in [2.24, 2.45) is 0 Å². The van der Waals surface area contributed by atoms with Crippen molar-refractivity contribution >= 4 is 58.2 Å². The van der Waals surface area contributed by atoms with Gasteiger partial charge in [-0.15, -0.1) is 0 Å². The van der Waals surface area contributed by atoms with Crippen LogP contribution >= 0.6 is 35.0 Å². The highest BCUT2D eigenvalue weighted by atomic mass is 35.5. The molecule has 2 aromatic carbocycles. The Bertz CT molecular complexity index is 909. The summed E-state index contributed by atoms with van der Waals surface area (Å²) < 4.78 is 5.26. The number of thioether (sulfide) groups is 1. The average Bonchev–Trinajstić information content (AvgIpc) is 2.86. The van der Waals surface area contributed by atoms with Crippen LogP contribution in [0.1, 0.15) is 15.9 Å². The summed E-state index contributed by atoms with van der Waals surface area (Å²) >= 11 is 12.6. The van der Waals surface area contributed by atoms with E-state index < -0.39 is 17.1 Å². The molecule has 8 heteroatoms. The van der Waals surface area contributed by atoms with Gasteiger partial charge in [-0.25, -0.2) is 4.79 Å². The Morgan fingerprint density at radius 2 is 1.80 bits per heavy atom. The van der Waals surface area contributed by atoms with Crippen LogP contribution in [0, 0.1) is 0 Å². The Balaban J connectivity index is 1.72. The van der Waals surface area contributed by atoms with Crippen LogP contribution in [0.2, 0.25) is 10.0 Å². The number of ether oxygens (including phenoxy) is 1. The maximum absolute atomic E-state index is 12.1. The van der Waals surface area contributed by atoms with E-state index in [9.17, 15) is 14.4 Å². The van der Waals surface area contributed by atoms with Crippen molar-refractivity contribution in [1.29, 1.82) is 0 Å². The first kappa shape index (κ1) is 17.5.